The molecule has 1 aromatic carbocycles. The van der Waals surface area contributed by atoms with Gasteiger partial charge in [0.25, 0.3) is 5.89 Å². The highest BCUT2D eigenvalue weighted by Crippen LogP contribution is 2.27. The zero-order valence-electron chi connectivity index (χ0n) is 10.9. The van der Waals surface area contributed by atoms with Crippen molar-refractivity contribution in [1.29, 1.82) is 0 Å². The molecule has 2 rings (SSSR count). The Bertz CT molecular complexity index is 707. The number of anilines is 1. The average molecular weight is 281 g/mol. The van der Waals surface area contributed by atoms with Crippen LogP contribution in [0, 0.1) is 6.92 Å². The Kier molecular flexibility index (Phi) is 3.32. The van der Waals surface area contributed by atoms with Gasteiger partial charge in [0.1, 0.15) is 5.25 Å². The van der Waals surface area contributed by atoms with Crippen LogP contribution in [0.1, 0.15) is 23.6 Å². The molecular weight excluding hydrogens is 266 g/mol. The van der Waals surface area contributed by atoms with Crippen LogP contribution in [0.25, 0.3) is 11.5 Å². The maximum atomic E-state index is 11.5. The summed E-state index contributed by atoms with van der Waals surface area (Å²) in [6.45, 7) is 3.43. The lowest BCUT2D eigenvalue weighted by Gasteiger charge is -2.02. The van der Waals surface area contributed by atoms with E-state index in [0.29, 0.717) is 11.3 Å². The Morgan fingerprint density at radius 3 is 2.68 bits per heavy atom. The van der Waals surface area contributed by atoms with Crippen LogP contribution < -0.4 is 5.73 Å². The van der Waals surface area contributed by atoms with Crippen molar-refractivity contribution in [3.05, 3.63) is 29.6 Å². The molecule has 0 saturated heterocycles. The molecule has 1 atom stereocenters. The Labute approximate surface area is 111 Å². The Hall–Kier alpha value is -1.89. The fourth-order valence-electron chi connectivity index (χ4n) is 1.56. The van der Waals surface area contributed by atoms with E-state index in [9.17, 15) is 8.42 Å². The molecule has 0 aliphatic carbocycles. The highest BCUT2D eigenvalue weighted by Gasteiger charge is 2.23. The maximum absolute atomic E-state index is 11.5. The van der Waals surface area contributed by atoms with E-state index in [1.165, 1.54) is 6.92 Å². The number of benzene rings is 1. The normalized spacial score (nSPS) is 13.4. The summed E-state index contributed by atoms with van der Waals surface area (Å²) in [5, 5.41) is 2.90. The minimum atomic E-state index is -3.26. The molecule has 1 unspecified atom stereocenters. The highest BCUT2D eigenvalue weighted by molar-refractivity contribution is 7.90. The first kappa shape index (κ1) is 13.5. The van der Waals surface area contributed by atoms with Gasteiger partial charge in [0.05, 0.1) is 5.56 Å². The van der Waals surface area contributed by atoms with Crippen molar-refractivity contribution in [2.24, 2.45) is 0 Å². The zero-order chi connectivity index (χ0) is 14.2. The number of nitrogens with zero attached hydrogens (tertiary/aromatic N) is 2. The zero-order valence-corrected chi connectivity index (χ0v) is 11.7. The fourth-order valence-corrected chi connectivity index (χ4v) is 2.03. The van der Waals surface area contributed by atoms with Crippen LogP contribution in [0.2, 0.25) is 0 Å². The van der Waals surface area contributed by atoms with Gasteiger partial charge in [-0.3, -0.25) is 0 Å². The van der Waals surface area contributed by atoms with Crippen LogP contribution in [0.15, 0.2) is 22.7 Å². The Balaban J connectivity index is 2.44. The molecule has 0 amide bonds. The molecule has 19 heavy (non-hydrogen) atoms. The second kappa shape index (κ2) is 4.65. The predicted octanol–water partition coefficient (Wildman–Crippen LogP) is 1.73. The van der Waals surface area contributed by atoms with Crippen LogP contribution >= 0.6 is 0 Å². The SMILES string of the molecule is Cc1ccc(N)c(-c2nc(C(C)S(C)(=O)=O)no2)c1. The van der Waals surface area contributed by atoms with Gasteiger partial charge in [-0.1, -0.05) is 16.8 Å². The predicted molar refractivity (Wildman–Crippen MR) is 72.1 cm³/mol. The maximum Gasteiger partial charge on any atom is 0.260 e. The minimum absolute atomic E-state index is 0.137. The van der Waals surface area contributed by atoms with Crippen LogP contribution in [0.5, 0.6) is 0 Å². The summed E-state index contributed by atoms with van der Waals surface area (Å²) in [6.07, 6.45) is 1.13. The minimum Gasteiger partial charge on any atom is -0.398 e. The van der Waals surface area contributed by atoms with Gasteiger partial charge in [0, 0.05) is 11.9 Å². The number of nitrogens with two attached hydrogens (primary N) is 1. The fraction of sp³-hybridized carbons (Fsp3) is 0.333. The molecule has 1 aromatic heterocycles. The van der Waals surface area contributed by atoms with Gasteiger partial charge in [-0.15, -0.1) is 0 Å². The Morgan fingerprint density at radius 2 is 2.05 bits per heavy atom. The van der Waals surface area contributed by atoms with E-state index in [2.05, 4.69) is 10.1 Å². The lowest BCUT2D eigenvalue weighted by Crippen LogP contribution is -2.09. The van der Waals surface area contributed by atoms with Gasteiger partial charge in [-0.25, -0.2) is 8.42 Å². The molecule has 0 bridgehead atoms. The number of hydrogen-bond acceptors (Lipinski definition) is 6. The van der Waals surface area contributed by atoms with E-state index in [1.54, 1.807) is 6.07 Å². The van der Waals surface area contributed by atoms with E-state index in [4.69, 9.17) is 10.3 Å². The standard InChI is InChI=1S/C12H15N3O3S/c1-7-4-5-10(13)9(6-7)12-14-11(15-18-12)8(2)19(3,16)17/h4-6,8H,13H2,1-3H3. The molecule has 0 fully saturated rings. The van der Waals surface area contributed by atoms with Crippen molar-refractivity contribution in [3.63, 3.8) is 0 Å². The first-order valence-corrected chi connectivity index (χ1v) is 7.63. The molecular formula is C12H15N3O3S. The first-order valence-electron chi connectivity index (χ1n) is 5.68. The first-order chi connectivity index (χ1) is 8.79. The third-order valence-corrected chi connectivity index (χ3v) is 4.38. The van der Waals surface area contributed by atoms with Gasteiger partial charge in [-0.05, 0) is 26.0 Å². The van der Waals surface area contributed by atoms with Crippen LogP contribution in [-0.2, 0) is 9.84 Å². The third kappa shape index (κ3) is 2.76. The lowest BCUT2D eigenvalue weighted by molar-refractivity contribution is 0.422. The molecule has 0 saturated carbocycles. The summed E-state index contributed by atoms with van der Waals surface area (Å²) >= 11 is 0. The number of aryl methyl sites for hydroxylation is 1. The molecule has 1 heterocycles. The molecule has 7 heteroatoms. The van der Waals surface area contributed by atoms with Gasteiger partial charge in [-0.2, -0.15) is 4.98 Å². The monoisotopic (exact) mass is 281 g/mol. The molecule has 2 aromatic rings. The summed E-state index contributed by atoms with van der Waals surface area (Å²) in [4.78, 5) is 4.11. The van der Waals surface area contributed by atoms with Crippen LogP contribution in [-0.4, -0.2) is 24.8 Å². The lowest BCUT2D eigenvalue weighted by atomic mass is 10.1. The van der Waals surface area contributed by atoms with Gasteiger partial charge in [0.2, 0.25) is 0 Å². The highest BCUT2D eigenvalue weighted by atomic mass is 32.2. The van der Waals surface area contributed by atoms with E-state index in [0.717, 1.165) is 11.8 Å². The van der Waals surface area contributed by atoms with Crippen LogP contribution in [0.4, 0.5) is 5.69 Å². The van der Waals surface area contributed by atoms with Crippen molar-refractivity contribution < 1.29 is 12.9 Å². The van der Waals surface area contributed by atoms with Crippen molar-refractivity contribution in [2.45, 2.75) is 19.1 Å². The number of nitrogen functional groups attached to an aromatic ring is 1. The van der Waals surface area contributed by atoms with Crippen molar-refractivity contribution >= 4 is 15.5 Å². The van der Waals surface area contributed by atoms with Gasteiger partial charge >= 0.3 is 0 Å². The summed E-state index contributed by atoms with van der Waals surface area (Å²) < 4.78 is 28.0. The molecule has 0 radical (unpaired) electrons. The number of sulfone groups is 1. The van der Waals surface area contributed by atoms with Crippen molar-refractivity contribution in [2.75, 3.05) is 12.0 Å². The average Bonchev–Trinajstić information content (AvgIpc) is 2.79. The van der Waals surface area contributed by atoms with Gasteiger partial charge < -0.3 is 10.3 Å². The largest absolute Gasteiger partial charge is 0.398 e. The van der Waals surface area contributed by atoms with E-state index in [-0.39, 0.29) is 11.7 Å². The quantitative estimate of drug-likeness (QED) is 0.860. The number of hydrogen-bond donors (Lipinski definition) is 1. The van der Waals surface area contributed by atoms with E-state index < -0.39 is 15.1 Å². The molecule has 2 N–H and O–H groups in total. The third-order valence-electron chi connectivity index (χ3n) is 2.89. The second-order valence-corrected chi connectivity index (χ2v) is 6.89. The summed E-state index contributed by atoms with van der Waals surface area (Å²) in [5.74, 6) is 0.366. The number of aromatic nitrogens is 2. The van der Waals surface area contributed by atoms with Gasteiger partial charge in [0.15, 0.2) is 15.7 Å². The van der Waals surface area contributed by atoms with E-state index in [1.807, 2.05) is 19.1 Å². The van der Waals surface area contributed by atoms with Crippen molar-refractivity contribution in [3.8, 4) is 11.5 Å². The number of rotatable bonds is 3. The molecule has 0 aliphatic heterocycles. The molecule has 0 aliphatic rings. The summed E-state index contributed by atoms with van der Waals surface area (Å²) in [6, 6.07) is 5.43. The topological polar surface area (TPSA) is 99.1 Å². The molecule has 6 nitrogen and oxygen atoms in total. The second-order valence-electron chi connectivity index (χ2n) is 4.52. The molecule has 0 spiro atoms. The van der Waals surface area contributed by atoms with Crippen molar-refractivity contribution in [1.82, 2.24) is 10.1 Å². The Morgan fingerprint density at radius 1 is 1.37 bits per heavy atom. The van der Waals surface area contributed by atoms with E-state index >= 15 is 0 Å². The smallest absolute Gasteiger partial charge is 0.260 e. The summed E-state index contributed by atoms with van der Waals surface area (Å²) in [5.41, 5.74) is 7.96. The molecule has 102 valence electrons. The summed E-state index contributed by atoms with van der Waals surface area (Å²) in [7, 11) is -3.26. The van der Waals surface area contributed by atoms with Crippen LogP contribution in [0.3, 0.4) is 0 Å².